The Hall–Kier alpha value is -2.77. The maximum Gasteiger partial charge on any atom is 0.326 e. The number of nitrogens with one attached hydrogen (secondary N) is 3. The summed E-state index contributed by atoms with van der Waals surface area (Å²) in [5.41, 5.74) is 10.4. The van der Waals surface area contributed by atoms with Crippen molar-refractivity contribution < 1.29 is 39.3 Å². The third-order valence-electron chi connectivity index (χ3n) is 4.14. The average molecular weight is 433 g/mol. The standard InChI is InChI=1S/C17H31N5O8/c1-7(2)12(17(29)30)21-16(28)13(8(3)24)22-15(27)10(4-5-11(19)25)20-14(26)9(18)6-23/h7-10,12-13,23-24H,4-6,18H2,1-3H3,(H2,19,25)(H,20,26)(H,21,28)(H,22,27)(H,29,30). The van der Waals surface area contributed by atoms with Gasteiger partial charge in [0.2, 0.25) is 23.6 Å². The van der Waals surface area contributed by atoms with Crippen molar-refractivity contribution in [2.45, 2.75) is 63.9 Å². The SMILES string of the molecule is CC(C)C(NC(=O)C(NC(=O)C(CCC(N)=O)NC(=O)C(N)CO)C(C)O)C(=O)O. The van der Waals surface area contributed by atoms with Gasteiger partial charge in [-0.1, -0.05) is 13.8 Å². The normalized spacial score (nSPS) is 16.0. The summed E-state index contributed by atoms with van der Waals surface area (Å²) in [6.45, 7) is 3.64. The minimum absolute atomic E-state index is 0.233. The maximum absolute atomic E-state index is 12.6. The second kappa shape index (κ2) is 12.7. The van der Waals surface area contributed by atoms with Crippen LogP contribution >= 0.6 is 0 Å². The smallest absolute Gasteiger partial charge is 0.326 e. The summed E-state index contributed by atoms with van der Waals surface area (Å²) in [4.78, 5) is 59.2. The molecule has 0 rings (SSSR count). The van der Waals surface area contributed by atoms with E-state index in [2.05, 4.69) is 16.0 Å². The number of hydrogen-bond acceptors (Lipinski definition) is 8. The van der Waals surface area contributed by atoms with Gasteiger partial charge in [-0.05, 0) is 19.3 Å². The number of carbonyl (C=O) groups is 5. The number of aliphatic carboxylic acids is 1. The lowest BCUT2D eigenvalue weighted by atomic mass is 10.0. The fourth-order valence-electron chi connectivity index (χ4n) is 2.33. The van der Waals surface area contributed by atoms with Crippen LogP contribution in [0.3, 0.4) is 0 Å². The summed E-state index contributed by atoms with van der Waals surface area (Å²) in [5.74, 6) is -5.29. The number of hydrogen-bond donors (Lipinski definition) is 8. The Morgan fingerprint density at radius 2 is 1.43 bits per heavy atom. The van der Waals surface area contributed by atoms with Crippen LogP contribution in [-0.4, -0.2) is 81.8 Å². The number of amides is 4. The Morgan fingerprint density at radius 1 is 0.900 bits per heavy atom. The highest BCUT2D eigenvalue weighted by molar-refractivity contribution is 5.94. The van der Waals surface area contributed by atoms with Crippen LogP contribution in [0.25, 0.3) is 0 Å². The minimum atomic E-state index is -1.54. The molecule has 0 heterocycles. The topological polar surface area (TPSA) is 234 Å². The van der Waals surface area contributed by atoms with E-state index in [4.69, 9.17) is 16.6 Å². The highest BCUT2D eigenvalue weighted by Crippen LogP contribution is 2.05. The van der Waals surface area contributed by atoms with Crippen molar-refractivity contribution in [1.82, 2.24) is 16.0 Å². The Balaban J connectivity index is 5.43. The lowest BCUT2D eigenvalue weighted by Gasteiger charge is -2.27. The molecule has 13 heteroatoms. The van der Waals surface area contributed by atoms with Gasteiger partial charge in [-0.15, -0.1) is 0 Å². The van der Waals surface area contributed by atoms with E-state index in [1.54, 1.807) is 13.8 Å². The summed E-state index contributed by atoms with van der Waals surface area (Å²) in [6, 6.07) is -5.48. The van der Waals surface area contributed by atoms with Crippen molar-refractivity contribution >= 4 is 29.6 Å². The van der Waals surface area contributed by atoms with Crippen LogP contribution in [0.1, 0.15) is 33.6 Å². The molecule has 0 saturated heterocycles. The Morgan fingerprint density at radius 3 is 1.83 bits per heavy atom. The molecular weight excluding hydrogens is 402 g/mol. The van der Waals surface area contributed by atoms with Gasteiger partial charge in [0.05, 0.1) is 12.7 Å². The second-order valence-electron chi connectivity index (χ2n) is 7.15. The maximum atomic E-state index is 12.6. The molecule has 0 radical (unpaired) electrons. The van der Waals surface area contributed by atoms with E-state index in [0.29, 0.717) is 0 Å². The van der Waals surface area contributed by atoms with Gasteiger partial charge >= 0.3 is 5.97 Å². The number of aliphatic hydroxyl groups excluding tert-OH is 2. The van der Waals surface area contributed by atoms with Crippen molar-refractivity contribution in [2.24, 2.45) is 17.4 Å². The van der Waals surface area contributed by atoms with Crippen molar-refractivity contribution in [3.63, 3.8) is 0 Å². The largest absolute Gasteiger partial charge is 0.480 e. The zero-order chi connectivity index (χ0) is 23.6. The van der Waals surface area contributed by atoms with E-state index < -0.39 is 72.4 Å². The monoisotopic (exact) mass is 433 g/mol. The van der Waals surface area contributed by atoms with E-state index in [1.165, 1.54) is 6.92 Å². The Labute approximate surface area is 173 Å². The van der Waals surface area contributed by atoms with Crippen molar-refractivity contribution in [2.75, 3.05) is 6.61 Å². The molecule has 30 heavy (non-hydrogen) atoms. The predicted molar refractivity (Wildman–Crippen MR) is 103 cm³/mol. The zero-order valence-electron chi connectivity index (χ0n) is 17.1. The summed E-state index contributed by atoms with van der Waals surface area (Å²) in [7, 11) is 0. The first kappa shape index (κ1) is 27.2. The van der Waals surface area contributed by atoms with Gasteiger partial charge in [-0.3, -0.25) is 19.2 Å². The summed E-state index contributed by atoms with van der Waals surface area (Å²) >= 11 is 0. The molecule has 4 amide bonds. The lowest BCUT2D eigenvalue weighted by molar-refractivity contribution is -0.144. The quantitative estimate of drug-likeness (QED) is 0.142. The molecular formula is C17H31N5O8. The van der Waals surface area contributed by atoms with Gasteiger partial charge in [0.1, 0.15) is 24.2 Å². The Bertz CT molecular complexity index is 640. The van der Waals surface area contributed by atoms with Crippen LogP contribution < -0.4 is 27.4 Å². The van der Waals surface area contributed by atoms with Crippen molar-refractivity contribution in [1.29, 1.82) is 0 Å². The molecule has 0 aliphatic heterocycles. The van der Waals surface area contributed by atoms with E-state index in [-0.39, 0.29) is 12.8 Å². The molecule has 0 spiro atoms. The van der Waals surface area contributed by atoms with Crippen LogP contribution in [0.4, 0.5) is 0 Å². The minimum Gasteiger partial charge on any atom is -0.480 e. The number of carboxylic acids is 1. The first-order chi connectivity index (χ1) is 13.8. The molecule has 10 N–H and O–H groups in total. The molecule has 0 aromatic carbocycles. The molecule has 13 nitrogen and oxygen atoms in total. The number of primary amides is 1. The predicted octanol–water partition coefficient (Wildman–Crippen LogP) is -3.85. The number of carbonyl (C=O) groups excluding carboxylic acids is 4. The fraction of sp³-hybridized carbons (Fsp3) is 0.706. The molecule has 0 aliphatic rings. The third-order valence-corrected chi connectivity index (χ3v) is 4.14. The third kappa shape index (κ3) is 9.15. The summed E-state index contributed by atoms with van der Waals surface area (Å²) in [6.07, 6.45) is -1.93. The van der Waals surface area contributed by atoms with Crippen LogP contribution in [0, 0.1) is 5.92 Å². The molecule has 0 aromatic rings. The van der Waals surface area contributed by atoms with Gasteiger partial charge in [-0.25, -0.2) is 4.79 Å². The Kier molecular flexibility index (Phi) is 11.5. The van der Waals surface area contributed by atoms with E-state index in [9.17, 15) is 34.2 Å². The van der Waals surface area contributed by atoms with Gasteiger partial charge < -0.3 is 42.7 Å². The van der Waals surface area contributed by atoms with Crippen LogP contribution in [-0.2, 0) is 24.0 Å². The van der Waals surface area contributed by atoms with Gasteiger partial charge in [0.15, 0.2) is 0 Å². The molecule has 5 unspecified atom stereocenters. The molecule has 0 aromatic heterocycles. The number of rotatable bonds is 13. The van der Waals surface area contributed by atoms with Crippen molar-refractivity contribution in [3.8, 4) is 0 Å². The van der Waals surface area contributed by atoms with Crippen LogP contribution in [0.2, 0.25) is 0 Å². The van der Waals surface area contributed by atoms with Gasteiger partial charge in [-0.2, -0.15) is 0 Å². The second-order valence-corrected chi connectivity index (χ2v) is 7.15. The van der Waals surface area contributed by atoms with Crippen LogP contribution in [0.5, 0.6) is 0 Å². The first-order valence-corrected chi connectivity index (χ1v) is 9.28. The highest BCUT2D eigenvalue weighted by Gasteiger charge is 2.33. The number of nitrogens with two attached hydrogens (primary N) is 2. The summed E-state index contributed by atoms with van der Waals surface area (Å²) < 4.78 is 0. The average Bonchev–Trinajstić information content (AvgIpc) is 2.64. The van der Waals surface area contributed by atoms with Crippen molar-refractivity contribution in [3.05, 3.63) is 0 Å². The molecule has 0 aliphatic carbocycles. The molecule has 172 valence electrons. The number of carboxylic acid groups (broad SMARTS) is 1. The van der Waals surface area contributed by atoms with Gasteiger partial charge in [0.25, 0.3) is 0 Å². The lowest BCUT2D eigenvalue weighted by Crippen LogP contribution is -2.60. The number of aliphatic hydroxyl groups is 2. The molecule has 5 atom stereocenters. The fourth-order valence-corrected chi connectivity index (χ4v) is 2.33. The summed E-state index contributed by atoms with van der Waals surface area (Å²) in [5, 5.41) is 34.7. The molecule has 0 bridgehead atoms. The molecule has 0 saturated carbocycles. The molecule has 0 fully saturated rings. The first-order valence-electron chi connectivity index (χ1n) is 9.28. The van der Waals surface area contributed by atoms with E-state index in [0.717, 1.165) is 0 Å². The van der Waals surface area contributed by atoms with Crippen LogP contribution in [0.15, 0.2) is 0 Å². The highest BCUT2D eigenvalue weighted by atomic mass is 16.4. The van der Waals surface area contributed by atoms with E-state index >= 15 is 0 Å². The van der Waals surface area contributed by atoms with Gasteiger partial charge in [0, 0.05) is 6.42 Å². The van der Waals surface area contributed by atoms with E-state index in [1.807, 2.05) is 0 Å². The zero-order valence-corrected chi connectivity index (χ0v) is 17.1.